The summed E-state index contributed by atoms with van der Waals surface area (Å²) in [5.41, 5.74) is 5.25. The highest BCUT2D eigenvalue weighted by atomic mass is 14.5. The summed E-state index contributed by atoms with van der Waals surface area (Å²) in [6, 6.07) is 0. The van der Waals surface area contributed by atoms with Crippen LogP contribution in [0.25, 0.3) is 0 Å². The van der Waals surface area contributed by atoms with Gasteiger partial charge in [-0.25, -0.2) is 0 Å². The minimum atomic E-state index is 0.544. The zero-order valence-corrected chi connectivity index (χ0v) is 17.4. The third kappa shape index (κ3) is 3.83. The van der Waals surface area contributed by atoms with Gasteiger partial charge in [0.1, 0.15) is 0 Å². The summed E-state index contributed by atoms with van der Waals surface area (Å²) >= 11 is 0. The quantitative estimate of drug-likeness (QED) is 0.459. The van der Waals surface area contributed by atoms with Gasteiger partial charge >= 0.3 is 0 Å². The molecule has 0 heterocycles. The molecule has 0 aromatic rings. The maximum Gasteiger partial charge on any atom is -0.0135 e. The summed E-state index contributed by atoms with van der Waals surface area (Å²) in [5, 5.41) is 0. The van der Waals surface area contributed by atoms with Crippen LogP contribution in [0.2, 0.25) is 0 Å². The molecule has 0 heteroatoms. The topological polar surface area (TPSA) is 0 Å². The van der Waals surface area contributed by atoms with Gasteiger partial charge in [0.05, 0.1) is 0 Å². The Labute approximate surface area is 156 Å². The van der Waals surface area contributed by atoms with Crippen molar-refractivity contribution in [2.24, 2.45) is 35.0 Å². The Morgan fingerprint density at radius 2 is 2.08 bits per heavy atom. The average molecular weight is 341 g/mol. The zero-order chi connectivity index (χ0) is 18.2. The van der Waals surface area contributed by atoms with Crippen molar-refractivity contribution < 1.29 is 0 Å². The highest BCUT2D eigenvalue weighted by molar-refractivity contribution is 5.22. The van der Waals surface area contributed by atoms with Crippen LogP contribution in [0.1, 0.15) is 86.0 Å². The molecule has 3 aliphatic rings. The van der Waals surface area contributed by atoms with E-state index in [4.69, 9.17) is 0 Å². The monoisotopic (exact) mass is 340 g/mol. The van der Waals surface area contributed by atoms with Crippen LogP contribution in [-0.2, 0) is 0 Å². The number of rotatable bonds is 4. The molecule has 2 fully saturated rings. The lowest BCUT2D eigenvalue weighted by molar-refractivity contribution is 0.121. The Hall–Kier alpha value is -0.780. The number of fused-ring (bicyclic) bond motifs is 2. The molecular weight excluding hydrogens is 300 g/mol. The smallest absolute Gasteiger partial charge is 0.0135 e. The molecule has 6 unspecified atom stereocenters. The molecule has 0 nitrogen and oxygen atoms in total. The van der Waals surface area contributed by atoms with Crippen molar-refractivity contribution in [3.8, 4) is 0 Å². The van der Waals surface area contributed by atoms with Gasteiger partial charge in [0.25, 0.3) is 0 Å². The normalized spacial score (nSPS) is 41.2. The molecule has 6 atom stereocenters. The van der Waals surface area contributed by atoms with Crippen molar-refractivity contribution in [3.63, 3.8) is 0 Å². The molecule has 25 heavy (non-hydrogen) atoms. The van der Waals surface area contributed by atoms with Gasteiger partial charge in [-0.15, -0.1) is 0 Å². The first-order valence-corrected chi connectivity index (χ1v) is 10.8. The van der Waals surface area contributed by atoms with E-state index in [9.17, 15) is 0 Å². The molecule has 0 N–H and O–H groups in total. The molecule has 0 saturated heterocycles. The van der Waals surface area contributed by atoms with Crippen molar-refractivity contribution in [1.82, 2.24) is 0 Å². The summed E-state index contributed by atoms with van der Waals surface area (Å²) in [7, 11) is 0. The summed E-state index contributed by atoms with van der Waals surface area (Å²) in [6.45, 7) is 16.5. The SMILES string of the molecule is C=C1CCC2/C(C)=C\CC3C(C(C)CCC=C(C)C)CCC3(C)CC12. The Kier molecular flexibility index (Phi) is 5.66. The van der Waals surface area contributed by atoms with Crippen molar-refractivity contribution in [3.05, 3.63) is 35.5 Å². The molecular formula is C25H40. The fourth-order valence-corrected chi connectivity index (χ4v) is 6.45. The van der Waals surface area contributed by atoms with Gasteiger partial charge in [0.15, 0.2) is 0 Å². The van der Waals surface area contributed by atoms with Crippen molar-refractivity contribution in [2.75, 3.05) is 0 Å². The number of allylic oxidation sites excluding steroid dienone is 5. The fraction of sp³-hybridized carbons (Fsp3) is 0.760. The van der Waals surface area contributed by atoms with E-state index in [-0.39, 0.29) is 0 Å². The zero-order valence-electron chi connectivity index (χ0n) is 17.4. The summed E-state index contributed by atoms with van der Waals surface area (Å²) < 4.78 is 0. The van der Waals surface area contributed by atoms with E-state index in [0.29, 0.717) is 5.41 Å². The summed E-state index contributed by atoms with van der Waals surface area (Å²) in [6.07, 6.45) is 16.0. The lowest BCUT2D eigenvalue weighted by Gasteiger charge is -2.41. The number of hydrogen-bond acceptors (Lipinski definition) is 0. The van der Waals surface area contributed by atoms with Crippen LogP contribution in [-0.4, -0.2) is 0 Å². The fourth-order valence-electron chi connectivity index (χ4n) is 6.45. The predicted octanol–water partition coefficient (Wildman–Crippen LogP) is 7.72. The first-order chi connectivity index (χ1) is 11.8. The van der Waals surface area contributed by atoms with Crippen LogP contribution in [0.15, 0.2) is 35.5 Å². The summed E-state index contributed by atoms with van der Waals surface area (Å²) in [4.78, 5) is 0. The van der Waals surface area contributed by atoms with Gasteiger partial charge in [-0.3, -0.25) is 0 Å². The van der Waals surface area contributed by atoms with E-state index in [1.807, 2.05) is 0 Å². The van der Waals surface area contributed by atoms with E-state index >= 15 is 0 Å². The maximum atomic E-state index is 4.47. The largest absolute Gasteiger partial charge is 0.0996 e. The molecule has 3 aliphatic carbocycles. The molecule has 140 valence electrons. The molecule has 2 saturated carbocycles. The predicted molar refractivity (Wildman–Crippen MR) is 110 cm³/mol. The van der Waals surface area contributed by atoms with Gasteiger partial charge in [-0.1, -0.05) is 49.3 Å². The third-order valence-electron chi connectivity index (χ3n) is 8.12. The van der Waals surface area contributed by atoms with Crippen molar-refractivity contribution in [1.29, 1.82) is 0 Å². The molecule has 0 bridgehead atoms. The molecule has 0 radical (unpaired) electrons. The minimum absolute atomic E-state index is 0.544. The van der Waals surface area contributed by atoms with E-state index in [1.54, 1.807) is 11.1 Å². The third-order valence-corrected chi connectivity index (χ3v) is 8.12. The number of hydrogen-bond donors (Lipinski definition) is 0. The van der Waals surface area contributed by atoms with Crippen molar-refractivity contribution in [2.45, 2.75) is 86.0 Å². The molecule has 0 aromatic carbocycles. The van der Waals surface area contributed by atoms with Gasteiger partial charge in [0, 0.05) is 0 Å². The second-order valence-corrected chi connectivity index (χ2v) is 10.1. The maximum absolute atomic E-state index is 4.47. The van der Waals surface area contributed by atoms with Crippen LogP contribution in [0.4, 0.5) is 0 Å². The molecule has 0 aromatic heterocycles. The second-order valence-electron chi connectivity index (χ2n) is 10.1. The Morgan fingerprint density at radius 3 is 2.80 bits per heavy atom. The van der Waals surface area contributed by atoms with Gasteiger partial charge in [0.2, 0.25) is 0 Å². The molecule has 3 rings (SSSR count). The highest BCUT2D eigenvalue weighted by Gasteiger charge is 2.49. The summed E-state index contributed by atoms with van der Waals surface area (Å²) in [5.74, 6) is 4.24. The lowest BCUT2D eigenvalue weighted by atomic mass is 9.64. The first-order valence-electron chi connectivity index (χ1n) is 10.8. The first kappa shape index (κ1) is 19.0. The second kappa shape index (κ2) is 7.45. The Balaban J connectivity index is 1.77. The average Bonchev–Trinajstić information content (AvgIpc) is 3.04. The molecule has 0 spiro atoms. The molecule has 0 aliphatic heterocycles. The van der Waals surface area contributed by atoms with Crippen LogP contribution in [0, 0.1) is 35.0 Å². The van der Waals surface area contributed by atoms with Crippen LogP contribution < -0.4 is 0 Å². The Bertz CT molecular complexity index is 559. The van der Waals surface area contributed by atoms with E-state index in [1.165, 1.54) is 56.9 Å². The van der Waals surface area contributed by atoms with Crippen molar-refractivity contribution >= 4 is 0 Å². The van der Waals surface area contributed by atoms with Crippen LogP contribution in [0.5, 0.6) is 0 Å². The molecule has 0 amide bonds. The minimum Gasteiger partial charge on any atom is -0.0996 e. The van der Waals surface area contributed by atoms with E-state index in [2.05, 4.69) is 53.3 Å². The Morgan fingerprint density at radius 1 is 1.32 bits per heavy atom. The highest BCUT2D eigenvalue weighted by Crippen LogP contribution is 2.59. The van der Waals surface area contributed by atoms with E-state index < -0.39 is 0 Å². The van der Waals surface area contributed by atoms with Crippen LogP contribution >= 0.6 is 0 Å². The van der Waals surface area contributed by atoms with E-state index in [0.717, 1.165) is 29.6 Å². The lowest BCUT2D eigenvalue weighted by Crippen LogP contribution is -2.32. The van der Waals surface area contributed by atoms with Crippen LogP contribution in [0.3, 0.4) is 0 Å². The van der Waals surface area contributed by atoms with Gasteiger partial charge in [-0.05, 0) is 107 Å². The standard InChI is InChI=1S/C25H40/c1-17(2)8-7-9-18(3)22-14-15-25(6)16-23-20(5)10-12-21(23)19(4)11-13-24(22)25/h8,11,18,21-24H,5,7,9-10,12-16H2,1-4,6H3/b19-11-. The van der Waals surface area contributed by atoms with Gasteiger partial charge < -0.3 is 0 Å². The van der Waals surface area contributed by atoms with Gasteiger partial charge in [-0.2, -0.15) is 0 Å².